The number of carbonyl (C=O) groups excluding carboxylic acids is 1. The molecule has 3 aromatic heterocycles. The number of furan rings is 1. The molecule has 1 N–H and O–H groups in total. The Balaban J connectivity index is 1.22. The van der Waals surface area contributed by atoms with Gasteiger partial charge in [0.1, 0.15) is 17.2 Å². The van der Waals surface area contributed by atoms with Crippen molar-refractivity contribution < 1.29 is 9.21 Å². The number of benzene rings is 1. The lowest BCUT2D eigenvalue weighted by Crippen LogP contribution is -2.28. The van der Waals surface area contributed by atoms with Crippen molar-refractivity contribution in [1.82, 2.24) is 20.1 Å². The van der Waals surface area contributed by atoms with Gasteiger partial charge in [-0.3, -0.25) is 4.79 Å². The number of thioether (sulfide) groups is 1. The molecule has 3 heterocycles. The van der Waals surface area contributed by atoms with Crippen LogP contribution in [0.25, 0.3) is 11.0 Å². The summed E-state index contributed by atoms with van der Waals surface area (Å²) in [7, 11) is 0. The van der Waals surface area contributed by atoms with Gasteiger partial charge in [-0.1, -0.05) is 36.0 Å². The highest BCUT2D eigenvalue weighted by atomic mass is 32.2. The molecule has 8 heteroatoms. The van der Waals surface area contributed by atoms with Gasteiger partial charge in [0.2, 0.25) is 5.91 Å². The van der Waals surface area contributed by atoms with E-state index in [-0.39, 0.29) is 11.9 Å². The van der Waals surface area contributed by atoms with Gasteiger partial charge in [-0.25, -0.2) is 0 Å². The Kier molecular flexibility index (Phi) is 5.35. The summed E-state index contributed by atoms with van der Waals surface area (Å²) in [6.07, 6.45) is 3.09. The molecule has 1 aromatic carbocycles. The first-order chi connectivity index (χ1) is 14.7. The van der Waals surface area contributed by atoms with Gasteiger partial charge < -0.3 is 14.3 Å². The third kappa shape index (κ3) is 4.15. The Morgan fingerprint density at radius 3 is 2.93 bits per heavy atom. The summed E-state index contributed by atoms with van der Waals surface area (Å²) >= 11 is 3.18. The second kappa shape index (κ2) is 8.28. The summed E-state index contributed by atoms with van der Waals surface area (Å²) in [5.41, 5.74) is 0.832. The van der Waals surface area contributed by atoms with Crippen molar-refractivity contribution in [1.29, 1.82) is 0 Å². The van der Waals surface area contributed by atoms with E-state index in [4.69, 9.17) is 4.42 Å². The second-order valence-electron chi connectivity index (χ2n) is 7.52. The highest BCUT2D eigenvalue weighted by molar-refractivity contribution is 7.99. The molecule has 0 bridgehead atoms. The molecule has 1 fully saturated rings. The third-order valence-electron chi connectivity index (χ3n) is 5.14. The van der Waals surface area contributed by atoms with Gasteiger partial charge in [0.25, 0.3) is 0 Å². The minimum absolute atomic E-state index is 0.0434. The Bertz CT molecular complexity index is 1130. The minimum atomic E-state index is -0.193. The molecule has 30 heavy (non-hydrogen) atoms. The summed E-state index contributed by atoms with van der Waals surface area (Å²) in [5, 5.41) is 15.8. The molecule has 0 unspecified atom stereocenters. The lowest BCUT2D eigenvalue weighted by Gasteiger charge is -2.12. The van der Waals surface area contributed by atoms with Crippen LogP contribution < -0.4 is 5.32 Å². The number of hydrogen-bond donors (Lipinski definition) is 1. The maximum Gasteiger partial charge on any atom is 0.231 e. The number of carbonyl (C=O) groups is 1. The van der Waals surface area contributed by atoms with E-state index in [9.17, 15) is 4.79 Å². The van der Waals surface area contributed by atoms with Crippen molar-refractivity contribution in [3.63, 3.8) is 0 Å². The molecule has 1 aliphatic carbocycles. The van der Waals surface area contributed by atoms with E-state index in [0.717, 1.165) is 47.0 Å². The normalized spacial score (nSPS) is 14.8. The lowest BCUT2D eigenvalue weighted by molar-refractivity contribution is -0.119. The molecule has 4 aromatic rings. The Labute approximate surface area is 182 Å². The molecule has 0 saturated heterocycles. The van der Waals surface area contributed by atoms with Crippen molar-refractivity contribution in [3.8, 4) is 0 Å². The SMILES string of the molecule is C[C@@H](NC(=O)CSc1nnc(Cc2cccs2)n1C1CC1)c1cc2ccccc2o1. The number of nitrogens with zero attached hydrogens (tertiary/aromatic N) is 3. The quantitative estimate of drug-likeness (QED) is 0.393. The summed E-state index contributed by atoms with van der Waals surface area (Å²) in [5.74, 6) is 2.00. The van der Waals surface area contributed by atoms with Crippen molar-refractivity contribution in [2.24, 2.45) is 0 Å². The molecule has 1 amide bonds. The predicted octanol–water partition coefficient (Wildman–Crippen LogP) is 4.98. The smallest absolute Gasteiger partial charge is 0.231 e. The fourth-order valence-corrected chi connectivity index (χ4v) is 5.03. The zero-order valence-electron chi connectivity index (χ0n) is 16.6. The van der Waals surface area contributed by atoms with Gasteiger partial charge in [0.15, 0.2) is 5.16 Å². The number of aromatic nitrogens is 3. The highest BCUT2D eigenvalue weighted by Gasteiger charge is 2.30. The van der Waals surface area contributed by atoms with Crippen LogP contribution in [0.4, 0.5) is 0 Å². The Morgan fingerprint density at radius 2 is 2.17 bits per heavy atom. The van der Waals surface area contributed by atoms with E-state index in [1.807, 2.05) is 37.3 Å². The van der Waals surface area contributed by atoms with Crippen molar-refractivity contribution in [2.45, 2.75) is 43.4 Å². The van der Waals surface area contributed by atoms with Gasteiger partial charge >= 0.3 is 0 Å². The largest absolute Gasteiger partial charge is 0.459 e. The zero-order chi connectivity index (χ0) is 20.5. The average molecular weight is 439 g/mol. The van der Waals surface area contributed by atoms with Crippen LogP contribution in [0.2, 0.25) is 0 Å². The van der Waals surface area contributed by atoms with Gasteiger partial charge in [-0.2, -0.15) is 0 Å². The number of thiophene rings is 1. The minimum Gasteiger partial charge on any atom is -0.459 e. The van der Waals surface area contributed by atoms with Crippen molar-refractivity contribution in [2.75, 3.05) is 5.75 Å². The van der Waals surface area contributed by atoms with Crippen LogP contribution in [-0.2, 0) is 11.2 Å². The monoisotopic (exact) mass is 438 g/mol. The molecule has 6 nitrogen and oxygen atoms in total. The molecule has 154 valence electrons. The third-order valence-corrected chi connectivity index (χ3v) is 6.96. The summed E-state index contributed by atoms with van der Waals surface area (Å²) in [6, 6.07) is 14.3. The lowest BCUT2D eigenvalue weighted by atomic mass is 10.2. The first-order valence-electron chi connectivity index (χ1n) is 10.0. The maximum absolute atomic E-state index is 12.5. The van der Waals surface area contributed by atoms with E-state index in [2.05, 4.69) is 37.6 Å². The zero-order valence-corrected chi connectivity index (χ0v) is 18.2. The predicted molar refractivity (Wildman–Crippen MR) is 119 cm³/mol. The molecule has 0 aliphatic heterocycles. The first-order valence-corrected chi connectivity index (χ1v) is 11.9. The van der Waals surface area contributed by atoms with E-state index in [1.54, 1.807) is 11.3 Å². The summed E-state index contributed by atoms with van der Waals surface area (Å²) in [4.78, 5) is 13.8. The van der Waals surface area contributed by atoms with Crippen LogP contribution in [0.3, 0.4) is 0 Å². The molecule has 1 aliphatic rings. The van der Waals surface area contributed by atoms with Crippen LogP contribution in [0.5, 0.6) is 0 Å². The van der Waals surface area contributed by atoms with Gasteiger partial charge in [0.05, 0.1) is 11.8 Å². The van der Waals surface area contributed by atoms with Crippen LogP contribution in [0, 0.1) is 0 Å². The van der Waals surface area contributed by atoms with Crippen molar-refractivity contribution in [3.05, 3.63) is 64.3 Å². The summed E-state index contributed by atoms with van der Waals surface area (Å²) in [6.45, 7) is 1.94. The number of rotatable bonds is 8. The fourth-order valence-electron chi connectivity index (χ4n) is 3.50. The van der Waals surface area contributed by atoms with E-state index in [1.165, 1.54) is 16.6 Å². The number of para-hydroxylation sites is 1. The molecule has 1 atom stereocenters. The van der Waals surface area contributed by atoms with E-state index >= 15 is 0 Å². The number of hydrogen-bond acceptors (Lipinski definition) is 6. The molecular formula is C22H22N4O2S2. The Hall–Kier alpha value is -2.58. The van der Waals surface area contributed by atoms with Crippen molar-refractivity contribution >= 4 is 40.0 Å². The number of fused-ring (bicyclic) bond motifs is 1. The molecule has 0 spiro atoms. The van der Waals surface area contributed by atoms with Crippen LogP contribution >= 0.6 is 23.1 Å². The van der Waals surface area contributed by atoms with E-state index < -0.39 is 0 Å². The number of nitrogens with one attached hydrogen (secondary N) is 1. The summed E-state index contributed by atoms with van der Waals surface area (Å²) < 4.78 is 8.08. The topological polar surface area (TPSA) is 73.0 Å². The van der Waals surface area contributed by atoms with Gasteiger partial charge in [-0.05, 0) is 43.3 Å². The van der Waals surface area contributed by atoms with Gasteiger partial charge in [-0.15, -0.1) is 21.5 Å². The molecular weight excluding hydrogens is 416 g/mol. The van der Waals surface area contributed by atoms with E-state index in [0.29, 0.717) is 11.8 Å². The standard InChI is InChI=1S/C22H22N4O2S2/c1-14(19-11-15-5-2-3-7-18(15)28-19)23-21(27)13-30-22-25-24-20(26(22)16-8-9-16)12-17-6-4-10-29-17/h2-7,10-11,14,16H,8-9,12-13H2,1H3,(H,23,27)/t14-/m1/s1. The van der Waals surface area contributed by atoms with Crippen LogP contribution in [0.1, 0.15) is 48.3 Å². The molecule has 0 radical (unpaired) electrons. The second-order valence-corrected chi connectivity index (χ2v) is 9.50. The highest BCUT2D eigenvalue weighted by Crippen LogP contribution is 2.39. The maximum atomic E-state index is 12.5. The molecule has 1 saturated carbocycles. The number of amides is 1. The van der Waals surface area contributed by atoms with Crippen LogP contribution in [0.15, 0.2) is 57.4 Å². The average Bonchev–Trinajstić information content (AvgIpc) is 3.15. The van der Waals surface area contributed by atoms with Crippen LogP contribution in [-0.4, -0.2) is 26.4 Å². The first kappa shape index (κ1) is 19.4. The fraction of sp³-hybridized carbons (Fsp3) is 0.318. The van der Waals surface area contributed by atoms with Gasteiger partial charge in [0, 0.05) is 22.7 Å². The Morgan fingerprint density at radius 1 is 1.30 bits per heavy atom. The molecule has 5 rings (SSSR count).